The van der Waals surface area contributed by atoms with E-state index in [1.807, 2.05) is 30.3 Å². The Bertz CT molecular complexity index is 772. The number of benzene rings is 2. The molecule has 6 heteroatoms. The van der Waals surface area contributed by atoms with Gasteiger partial charge in [0.05, 0.1) is 10.9 Å². The molecule has 3 aromatic rings. The van der Waals surface area contributed by atoms with E-state index in [0.717, 1.165) is 5.69 Å². The molecular weight excluding hydrogens is 312 g/mol. The summed E-state index contributed by atoms with van der Waals surface area (Å²) < 4.78 is 15.4. The van der Waals surface area contributed by atoms with Gasteiger partial charge in [0.25, 0.3) is 0 Å². The standard InChI is InChI=1S/C15H10Cl2FN3/c16-9-13-19-20-15(11-7-4-8-12(18)14(11)17)21(13)10-5-2-1-3-6-10/h1-8H,9H2. The van der Waals surface area contributed by atoms with Crippen LogP contribution < -0.4 is 0 Å². The van der Waals surface area contributed by atoms with Crippen molar-refractivity contribution in [2.24, 2.45) is 0 Å². The lowest BCUT2D eigenvalue weighted by atomic mass is 10.2. The number of halogens is 3. The second kappa shape index (κ2) is 5.84. The van der Waals surface area contributed by atoms with Crippen LogP contribution in [0.15, 0.2) is 48.5 Å². The van der Waals surface area contributed by atoms with Gasteiger partial charge in [0.15, 0.2) is 11.6 Å². The number of aromatic nitrogens is 3. The third kappa shape index (κ3) is 2.52. The Morgan fingerprint density at radius 2 is 1.76 bits per heavy atom. The van der Waals surface area contributed by atoms with Crippen LogP contribution in [0, 0.1) is 5.82 Å². The minimum Gasteiger partial charge on any atom is -0.278 e. The van der Waals surface area contributed by atoms with Crippen LogP contribution in [0.3, 0.4) is 0 Å². The molecule has 0 saturated heterocycles. The first-order valence-electron chi connectivity index (χ1n) is 6.22. The molecule has 0 aliphatic carbocycles. The third-order valence-corrected chi connectivity index (χ3v) is 3.68. The van der Waals surface area contributed by atoms with Crippen LogP contribution in [0.1, 0.15) is 5.82 Å². The quantitative estimate of drug-likeness (QED) is 0.666. The van der Waals surface area contributed by atoms with Gasteiger partial charge in [0.1, 0.15) is 5.82 Å². The van der Waals surface area contributed by atoms with E-state index in [2.05, 4.69) is 10.2 Å². The number of hydrogen-bond acceptors (Lipinski definition) is 2. The maximum Gasteiger partial charge on any atom is 0.170 e. The summed E-state index contributed by atoms with van der Waals surface area (Å²) in [6.07, 6.45) is 0. The monoisotopic (exact) mass is 321 g/mol. The molecule has 106 valence electrons. The van der Waals surface area contributed by atoms with E-state index < -0.39 is 5.82 Å². The van der Waals surface area contributed by atoms with Crippen LogP contribution in [0.4, 0.5) is 4.39 Å². The van der Waals surface area contributed by atoms with Gasteiger partial charge < -0.3 is 0 Å². The Balaban J connectivity index is 2.25. The van der Waals surface area contributed by atoms with Crippen molar-refractivity contribution in [3.63, 3.8) is 0 Å². The lowest BCUT2D eigenvalue weighted by molar-refractivity contribution is 0.628. The fourth-order valence-corrected chi connectivity index (χ4v) is 2.49. The molecule has 0 N–H and O–H groups in total. The van der Waals surface area contributed by atoms with Crippen molar-refractivity contribution in [1.29, 1.82) is 0 Å². The Morgan fingerprint density at radius 3 is 2.48 bits per heavy atom. The predicted octanol–water partition coefficient (Wildman–Crippen LogP) is 4.47. The lowest BCUT2D eigenvalue weighted by Gasteiger charge is -2.10. The van der Waals surface area contributed by atoms with E-state index in [-0.39, 0.29) is 10.9 Å². The van der Waals surface area contributed by atoms with Crippen LogP contribution in [0.2, 0.25) is 5.02 Å². The molecule has 2 aromatic carbocycles. The molecule has 0 bridgehead atoms. The predicted molar refractivity (Wildman–Crippen MR) is 81.3 cm³/mol. The molecule has 0 saturated carbocycles. The maximum atomic E-state index is 13.7. The number of nitrogens with zero attached hydrogens (tertiary/aromatic N) is 3. The van der Waals surface area contributed by atoms with Crippen molar-refractivity contribution in [3.8, 4) is 17.1 Å². The highest BCUT2D eigenvalue weighted by Gasteiger charge is 2.18. The Hall–Kier alpha value is -1.91. The van der Waals surface area contributed by atoms with Gasteiger partial charge in [-0.25, -0.2) is 4.39 Å². The van der Waals surface area contributed by atoms with Gasteiger partial charge in [-0.3, -0.25) is 4.57 Å². The van der Waals surface area contributed by atoms with Crippen molar-refractivity contribution < 1.29 is 4.39 Å². The molecule has 0 aliphatic heterocycles. The smallest absolute Gasteiger partial charge is 0.170 e. The molecule has 0 aliphatic rings. The van der Waals surface area contributed by atoms with Crippen molar-refractivity contribution >= 4 is 23.2 Å². The van der Waals surface area contributed by atoms with E-state index in [1.54, 1.807) is 16.7 Å². The average Bonchev–Trinajstić information content (AvgIpc) is 2.94. The molecule has 0 atom stereocenters. The molecule has 0 amide bonds. The van der Waals surface area contributed by atoms with Crippen molar-refractivity contribution in [1.82, 2.24) is 14.8 Å². The van der Waals surface area contributed by atoms with E-state index in [1.165, 1.54) is 6.07 Å². The second-order valence-electron chi connectivity index (χ2n) is 4.35. The first-order valence-corrected chi connectivity index (χ1v) is 7.13. The fourth-order valence-electron chi connectivity index (χ4n) is 2.10. The first-order chi connectivity index (χ1) is 10.2. The van der Waals surface area contributed by atoms with Gasteiger partial charge in [-0.05, 0) is 24.3 Å². The average molecular weight is 322 g/mol. The summed E-state index contributed by atoms with van der Waals surface area (Å²) in [4.78, 5) is 0. The van der Waals surface area contributed by atoms with Gasteiger partial charge in [0, 0.05) is 11.3 Å². The van der Waals surface area contributed by atoms with Gasteiger partial charge in [0.2, 0.25) is 0 Å². The summed E-state index contributed by atoms with van der Waals surface area (Å²) >= 11 is 12.0. The van der Waals surface area contributed by atoms with Gasteiger partial charge >= 0.3 is 0 Å². The number of hydrogen-bond donors (Lipinski definition) is 0. The van der Waals surface area contributed by atoms with Crippen LogP contribution in [0.5, 0.6) is 0 Å². The van der Waals surface area contributed by atoms with Crippen molar-refractivity contribution in [2.75, 3.05) is 0 Å². The van der Waals surface area contributed by atoms with Gasteiger partial charge in [-0.2, -0.15) is 0 Å². The van der Waals surface area contributed by atoms with Gasteiger partial charge in [-0.1, -0.05) is 35.9 Å². The number of alkyl halides is 1. The number of rotatable bonds is 3. The van der Waals surface area contributed by atoms with Gasteiger partial charge in [-0.15, -0.1) is 21.8 Å². The highest BCUT2D eigenvalue weighted by atomic mass is 35.5. The molecule has 0 radical (unpaired) electrons. The zero-order valence-corrected chi connectivity index (χ0v) is 12.3. The zero-order valence-electron chi connectivity index (χ0n) is 10.8. The van der Waals surface area contributed by atoms with Crippen LogP contribution in [0.25, 0.3) is 17.1 Å². The Kier molecular flexibility index (Phi) is 3.90. The molecule has 0 fully saturated rings. The summed E-state index contributed by atoms with van der Waals surface area (Å²) in [5, 5.41) is 8.19. The Labute approximate surface area is 131 Å². The highest BCUT2D eigenvalue weighted by Crippen LogP contribution is 2.31. The molecule has 3 nitrogen and oxygen atoms in total. The molecular formula is C15H10Cl2FN3. The van der Waals surface area contributed by atoms with Crippen molar-refractivity contribution in [3.05, 3.63) is 65.2 Å². The summed E-state index contributed by atoms with van der Waals surface area (Å²) in [6.45, 7) is 0. The topological polar surface area (TPSA) is 30.7 Å². The maximum absolute atomic E-state index is 13.7. The molecule has 3 rings (SSSR count). The summed E-state index contributed by atoms with van der Waals surface area (Å²) in [5.41, 5.74) is 1.32. The number of para-hydroxylation sites is 1. The molecule has 1 heterocycles. The van der Waals surface area contributed by atoms with Crippen LogP contribution in [-0.2, 0) is 5.88 Å². The minimum atomic E-state index is -0.496. The molecule has 1 aromatic heterocycles. The molecule has 0 unspecified atom stereocenters. The minimum absolute atomic E-state index is 0.0169. The normalized spacial score (nSPS) is 10.8. The highest BCUT2D eigenvalue weighted by molar-refractivity contribution is 6.33. The first kappa shape index (κ1) is 14.0. The van der Waals surface area contributed by atoms with E-state index >= 15 is 0 Å². The van der Waals surface area contributed by atoms with E-state index in [0.29, 0.717) is 17.2 Å². The van der Waals surface area contributed by atoms with E-state index in [4.69, 9.17) is 23.2 Å². The third-order valence-electron chi connectivity index (χ3n) is 3.06. The van der Waals surface area contributed by atoms with E-state index in [9.17, 15) is 4.39 Å². The summed E-state index contributed by atoms with van der Waals surface area (Å²) in [6, 6.07) is 14.1. The summed E-state index contributed by atoms with van der Waals surface area (Å²) in [5.74, 6) is 0.721. The molecule has 21 heavy (non-hydrogen) atoms. The van der Waals surface area contributed by atoms with Crippen LogP contribution >= 0.6 is 23.2 Å². The fraction of sp³-hybridized carbons (Fsp3) is 0.0667. The summed E-state index contributed by atoms with van der Waals surface area (Å²) in [7, 11) is 0. The van der Waals surface area contributed by atoms with Crippen LogP contribution in [-0.4, -0.2) is 14.8 Å². The second-order valence-corrected chi connectivity index (χ2v) is 4.99. The largest absolute Gasteiger partial charge is 0.278 e. The lowest BCUT2D eigenvalue weighted by Crippen LogP contribution is -2.02. The zero-order chi connectivity index (χ0) is 14.8. The SMILES string of the molecule is Fc1cccc(-c2nnc(CCl)n2-c2ccccc2)c1Cl. The molecule has 0 spiro atoms. The van der Waals surface area contributed by atoms with Crippen molar-refractivity contribution in [2.45, 2.75) is 5.88 Å². The Morgan fingerprint density at radius 1 is 1.00 bits per heavy atom.